The van der Waals surface area contributed by atoms with E-state index in [1.54, 1.807) is 12.1 Å². The molecule has 2 bridgehead atoms. The van der Waals surface area contributed by atoms with E-state index in [0.29, 0.717) is 17.5 Å². The lowest BCUT2D eigenvalue weighted by atomic mass is 9.53. The van der Waals surface area contributed by atoms with Gasteiger partial charge in [0.1, 0.15) is 0 Å². The third kappa shape index (κ3) is 1.53. The number of likely N-dealkylation sites (N-methyl/N-ethyl adjacent to an activating group) is 1. The van der Waals surface area contributed by atoms with Crippen molar-refractivity contribution >= 4 is 11.8 Å². The van der Waals surface area contributed by atoms with E-state index in [1.807, 2.05) is 6.07 Å². The second-order valence-corrected chi connectivity index (χ2v) is 7.35. The summed E-state index contributed by atoms with van der Waals surface area (Å²) in [5.41, 5.74) is 2.03. The van der Waals surface area contributed by atoms with Crippen LogP contribution in [0.1, 0.15) is 24.5 Å². The predicted molar refractivity (Wildman–Crippen MR) is 86.2 cm³/mol. The van der Waals surface area contributed by atoms with Crippen LogP contribution in [0.4, 0.5) is 0 Å². The first-order valence-electron chi connectivity index (χ1n) is 8.46. The van der Waals surface area contributed by atoms with Gasteiger partial charge in [0.25, 0.3) is 0 Å². The second-order valence-electron chi connectivity index (χ2n) is 7.35. The third-order valence-corrected chi connectivity index (χ3v) is 6.24. The first-order valence-corrected chi connectivity index (χ1v) is 8.46. The van der Waals surface area contributed by atoms with Crippen LogP contribution in [-0.2, 0) is 21.4 Å². The van der Waals surface area contributed by atoms with Gasteiger partial charge in [-0.15, -0.1) is 0 Å². The number of ether oxygens (including phenoxy) is 2. The van der Waals surface area contributed by atoms with Gasteiger partial charge in [-0.05, 0) is 44.1 Å². The maximum atomic E-state index is 12.6. The fraction of sp³-hybridized carbons (Fsp3) is 0.474. The van der Waals surface area contributed by atoms with Gasteiger partial charge in [0.15, 0.2) is 23.4 Å². The Hall–Kier alpha value is -2.14. The Balaban J connectivity index is 1.78. The van der Waals surface area contributed by atoms with E-state index in [9.17, 15) is 9.59 Å². The van der Waals surface area contributed by atoms with Crippen LogP contribution in [0.5, 0.6) is 11.5 Å². The molecule has 5 heteroatoms. The number of carbonyl (C=O) groups is 2. The zero-order valence-electron chi connectivity index (χ0n) is 13.7. The molecule has 4 atom stereocenters. The SMILES string of the molecule is CC(=O)Oc1ccc2c3c1O[C@H]1C(=O)C=C[C@H]4[C@@H](C2)N(C)CC[C@]314. The molecule has 2 aliphatic carbocycles. The second kappa shape index (κ2) is 4.48. The van der Waals surface area contributed by atoms with Crippen molar-refractivity contribution in [3.8, 4) is 11.5 Å². The molecular weight excluding hydrogens is 306 g/mol. The Morgan fingerprint density at radius 2 is 2.25 bits per heavy atom. The Bertz CT molecular complexity index is 814. The van der Waals surface area contributed by atoms with E-state index in [0.717, 1.165) is 24.9 Å². The summed E-state index contributed by atoms with van der Waals surface area (Å²) in [6, 6.07) is 4.22. The Labute approximate surface area is 140 Å². The van der Waals surface area contributed by atoms with Gasteiger partial charge in [-0.2, -0.15) is 0 Å². The van der Waals surface area contributed by atoms with Crippen LogP contribution in [0.15, 0.2) is 24.3 Å². The van der Waals surface area contributed by atoms with Gasteiger partial charge in [0.05, 0.1) is 5.41 Å². The molecule has 0 N–H and O–H groups in total. The number of esters is 1. The number of hydrogen-bond acceptors (Lipinski definition) is 5. The summed E-state index contributed by atoms with van der Waals surface area (Å²) in [5.74, 6) is 0.958. The average Bonchev–Trinajstić information content (AvgIpc) is 2.89. The van der Waals surface area contributed by atoms with Crippen LogP contribution >= 0.6 is 0 Å². The van der Waals surface area contributed by atoms with Gasteiger partial charge in [0, 0.05) is 24.4 Å². The zero-order valence-corrected chi connectivity index (χ0v) is 13.7. The minimum atomic E-state index is -0.491. The number of rotatable bonds is 1. The van der Waals surface area contributed by atoms with Crippen molar-refractivity contribution in [2.45, 2.75) is 37.3 Å². The summed E-state index contributed by atoms with van der Waals surface area (Å²) in [7, 11) is 2.16. The number of hydrogen-bond donors (Lipinski definition) is 0. The summed E-state index contributed by atoms with van der Waals surface area (Å²) in [6.07, 6.45) is 5.09. The fourth-order valence-electron chi connectivity index (χ4n) is 5.31. The van der Waals surface area contributed by atoms with Crippen LogP contribution in [-0.4, -0.2) is 42.4 Å². The number of carbonyl (C=O) groups excluding carboxylic acids is 2. The molecule has 4 aliphatic rings. The summed E-state index contributed by atoms with van der Waals surface area (Å²) >= 11 is 0. The first-order chi connectivity index (χ1) is 11.5. The molecule has 1 aromatic rings. The Morgan fingerprint density at radius 1 is 1.42 bits per heavy atom. The number of benzene rings is 1. The van der Waals surface area contributed by atoms with Crippen molar-refractivity contribution in [1.82, 2.24) is 4.90 Å². The van der Waals surface area contributed by atoms with Crippen molar-refractivity contribution in [3.05, 3.63) is 35.4 Å². The van der Waals surface area contributed by atoms with Gasteiger partial charge in [0.2, 0.25) is 0 Å². The largest absolute Gasteiger partial charge is 0.477 e. The van der Waals surface area contributed by atoms with Crippen molar-refractivity contribution in [3.63, 3.8) is 0 Å². The molecule has 124 valence electrons. The lowest BCUT2D eigenvalue weighted by Crippen LogP contribution is -2.64. The number of piperidine rings is 1. The van der Waals surface area contributed by atoms with Crippen molar-refractivity contribution in [2.75, 3.05) is 13.6 Å². The van der Waals surface area contributed by atoms with E-state index >= 15 is 0 Å². The van der Waals surface area contributed by atoms with Crippen LogP contribution in [0.3, 0.4) is 0 Å². The van der Waals surface area contributed by atoms with Crippen molar-refractivity contribution in [1.29, 1.82) is 0 Å². The van der Waals surface area contributed by atoms with E-state index in [-0.39, 0.29) is 23.1 Å². The molecule has 0 amide bonds. The van der Waals surface area contributed by atoms with Gasteiger partial charge < -0.3 is 14.4 Å². The highest BCUT2D eigenvalue weighted by Crippen LogP contribution is 2.61. The molecule has 0 aromatic heterocycles. The van der Waals surface area contributed by atoms with E-state index < -0.39 is 6.10 Å². The highest BCUT2D eigenvalue weighted by Gasteiger charge is 2.64. The number of nitrogens with zero attached hydrogens (tertiary/aromatic N) is 1. The van der Waals surface area contributed by atoms with E-state index in [2.05, 4.69) is 18.0 Å². The average molecular weight is 325 g/mol. The predicted octanol–water partition coefficient (Wildman–Crippen LogP) is 1.63. The Morgan fingerprint density at radius 3 is 3.04 bits per heavy atom. The molecule has 0 radical (unpaired) electrons. The zero-order chi connectivity index (χ0) is 16.6. The molecule has 24 heavy (non-hydrogen) atoms. The van der Waals surface area contributed by atoms with Crippen molar-refractivity contribution in [2.24, 2.45) is 5.92 Å². The van der Waals surface area contributed by atoms with Crippen LogP contribution in [0, 0.1) is 5.92 Å². The molecule has 1 saturated heterocycles. The molecule has 0 unspecified atom stereocenters. The van der Waals surface area contributed by atoms with Crippen molar-refractivity contribution < 1.29 is 19.1 Å². The quantitative estimate of drug-likeness (QED) is 0.580. The lowest BCUT2D eigenvalue weighted by Gasteiger charge is -2.55. The van der Waals surface area contributed by atoms with Gasteiger partial charge in [-0.25, -0.2) is 0 Å². The molecule has 2 heterocycles. The molecule has 5 rings (SSSR count). The molecular formula is C19H19NO4. The van der Waals surface area contributed by atoms with Gasteiger partial charge >= 0.3 is 5.97 Å². The highest BCUT2D eigenvalue weighted by atomic mass is 16.6. The molecule has 1 aromatic carbocycles. The molecule has 1 spiro atoms. The minimum Gasteiger partial charge on any atom is -0.477 e. The maximum absolute atomic E-state index is 12.6. The minimum absolute atomic E-state index is 0.0207. The Kier molecular flexibility index (Phi) is 2.65. The fourth-order valence-corrected chi connectivity index (χ4v) is 5.31. The molecule has 5 nitrogen and oxygen atoms in total. The maximum Gasteiger partial charge on any atom is 0.308 e. The monoisotopic (exact) mass is 325 g/mol. The van der Waals surface area contributed by atoms with Crippen LogP contribution in [0.25, 0.3) is 0 Å². The van der Waals surface area contributed by atoms with Crippen LogP contribution < -0.4 is 9.47 Å². The lowest BCUT2D eigenvalue weighted by molar-refractivity contribution is -0.132. The standard InChI is InChI=1S/C19H19NO4/c1-10(21)23-15-6-3-11-9-13-12-4-5-14(22)18-19(12,7-8-20(13)2)16(11)17(15)24-18/h3-6,12-13,18H,7-9H2,1-2H3/t12-,13+,18-,19-/m0/s1. The van der Waals surface area contributed by atoms with Gasteiger partial charge in [-0.3, -0.25) is 9.59 Å². The number of likely N-dealkylation sites (tertiary alicyclic amines) is 1. The first kappa shape index (κ1) is 14.2. The summed E-state index contributed by atoms with van der Waals surface area (Å²) < 4.78 is 11.5. The van der Waals surface area contributed by atoms with Gasteiger partial charge in [-0.1, -0.05) is 12.1 Å². The smallest absolute Gasteiger partial charge is 0.308 e. The highest BCUT2D eigenvalue weighted by molar-refractivity contribution is 5.98. The van der Waals surface area contributed by atoms with E-state index in [1.165, 1.54) is 12.5 Å². The van der Waals surface area contributed by atoms with E-state index in [4.69, 9.17) is 9.47 Å². The summed E-state index contributed by atoms with van der Waals surface area (Å²) in [5, 5.41) is 0. The molecule has 1 fully saturated rings. The summed E-state index contributed by atoms with van der Waals surface area (Å²) in [6.45, 7) is 2.33. The topological polar surface area (TPSA) is 55.8 Å². The third-order valence-electron chi connectivity index (χ3n) is 6.24. The van der Waals surface area contributed by atoms with Crippen LogP contribution in [0.2, 0.25) is 0 Å². The molecule has 2 aliphatic heterocycles. The molecule has 0 saturated carbocycles. The normalized spacial score (nSPS) is 35.4. The summed E-state index contributed by atoms with van der Waals surface area (Å²) in [4.78, 5) is 26.4. The number of ketones is 1.